The fourth-order valence-electron chi connectivity index (χ4n) is 6.80. The Morgan fingerprint density at radius 1 is 1.04 bits per heavy atom. The van der Waals surface area contributed by atoms with Crippen molar-refractivity contribution in [3.63, 3.8) is 0 Å². The molecule has 6 rings (SSSR count). The number of aromatic nitrogens is 2. The van der Waals surface area contributed by atoms with Gasteiger partial charge in [0.1, 0.15) is 22.1 Å². The van der Waals surface area contributed by atoms with E-state index < -0.39 is 17.6 Å². The van der Waals surface area contributed by atoms with Gasteiger partial charge in [-0.05, 0) is 77.6 Å². The zero-order valence-electron chi connectivity index (χ0n) is 26.4. The van der Waals surface area contributed by atoms with Crippen molar-refractivity contribution in [2.75, 3.05) is 38.5 Å². The van der Waals surface area contributed by atoms with E-state index in [0.717, 1.165) is 25.1 Å². The van der Waals surface area contributed by atoms with Crippen molar-refractivity contribution in [2.45, 2.75) is 56.1 Å². The molecule has 0 aliphatic carbocycles. The van der Waals surface area contributed by atoms with Gasteiger partial charge in [-0.25, -0.2) is 9.07 Å². The van der Waals surface area contributed by atoms with E-state index in [-0.39, 0.29) is 53.8 Å². The number of ether oxygens (including phenoxy) is 1. The highest BCUT2D eigenvalue weighted by atomic mass is 79.9. The summed E-state index contributed by atoms with van der Waals surface area (Å²) in [7, 11) is 3.70. The molecule has 3 atom stereocenters. The van der Waals surface area contributed by atoms with Crippen LogP contribution in [0.2, 0.25) is 0 Å². The van der Waals surface area contributed by atoms with Gasteiger partial charge in [-0.2, -0.15) is 5.10 Å². The van der Waals surface area contributed by atoms with Crippen molar-refractivity contribution in [1.82, 2.24) is 24.9 Å². The van der Waals surface area contributed by atoms with Crippen molar-refractivity contribution >= 4 is 39.3 Å². The Morgan fingerprint density at radius 2 is 1.79 bits per heavy atom. The van der Waals surface area contributed by atoms with Gasteiger partial charge in [-0.15, -0.1) is 0 Å². The van der Waals surface area contributed by atoms with E-state index in [1.165, 1.54) is 10.7 Å². The van der Waals surface area contributed by atoms with Crippen LogP contribution in [0.15, 0.2) is 57.9 Å². The van der Waals surface area contributed by atoms with E-state index in [1.807, 2.05) is 29.2 Å². The molecule has 3 amide bonds. The number of hydrogen-bond donors (Lipinski definition) is 2. The minimum atomic E-state index is -0.731. The van der Waals surface area contributed by atoms with E-state index >= 15 is 0 Å². The Kier molecular flexibility index (Phi) is 9.74. The summed E-state index contributed by atoms with van der Waals surface area (Å²) in [6.07, 6.45) is 4.05. The first-order valence-corrected chi connectivity index (χ1v) is 16.7. The number of carbonyl (C=O) groups excluding carboxylic acids is 3. The number of aryl methyl sites for hydroxylation is 1. The maximum absolute atomic E-state index is 14.6. The Balaban J connectivity index is 1.03. The molecule has 2 N–H and O–H groups in total. The predicted octanol–water partition coefficient (Wildman–Crippen LogP) is 3.79. The van der Waals surface area contributed by atoms with Gasteiger partial charge in [0.05, 0.1) is 17.8 Å². The van der Waals surface area contributed by atoms with Crippen LogP contribution >= 0.6 is 15.9 Å². The molecule has 248 valence electrons. The SMILES string of the molecule is CN1CC(Nc2cnn(C)c(=O)c2Br)CC(c2ccc(C(=O)N3CCC(Oc4ccc(F)c(C5CCC(=O)NC5=O)c4)CC3)cc2)C1. The van der Waals surface area contributed by atoms with Crippen molar-refractivity contribution in [3.8, 4) is 5.75 Å². The zero-order valence-corrected chi connectivity index (χ0v) is 28.0. The lowest BCUT2D eigenvalue weighted by Crippen LogP contribution is -2.43. The van der Waals surface area contributed by atoms with Crippen LogP contribution in [0.1, 0.15) is 65.4 Å². The van der Waals surface area contributed by atoms with Crippen LogP contribution in [-0.2, 0) is 16.6 Å². The molecule has 4 heterocycles. The second kappa shape index (κ2) is 13.9. The van der Waals surface area contributed by atoms with Gasteiger partial charge in [0.25, 0.3) is 11.5 Å². The third kappa shape index (κ3) is 7.41. The quantitative estimate of drug-likeness (QED) is 0.356. The minimum absolute atomic E-state index is 0.0276. The normalized spacial score (nSPS) is 22.6. The average Bonchev–Trinajstić information content (AvgIpc) is 3.06. The Hall–Kier alpha value is -4.10. The summed E-state index contributed by atoms with van der Waals surface area (Å²) in [5.74, 6) is -1.38. The summed E-state index contributed by atoms with van der Waals surface area (Å²) >= 11 is 3.40. The first kappa shape index (κ1) is 32.8. The highest BCUT2D eigenvalue weighted by Crippen LogP contribution is 2.32. The van der Waals surface area contributed by atoms with Gasteiger partial charge < -0.3 is 19.9 Å². The minimum Gasteiger partial charge on any atom is -0.490 e. The number of nitrogens with one attached hydrogen (secondary N) is 2. The summed E-state index contributed by atoms with van der Waals surface area (Å²) in [5, 5.41) is 9.90. The molecule has 13 heteroatoms. The third-order valence-corrected chi connectivity index (χ3v) is 10.1. The third-order valence-electron chi connectivity index (χ3n) is 9.31. The Morgan fingerprint density at radius 3 is 2.51 bits per heavy atom. The molecular weight excluding hydrogens is 671 g/mol. The molecular formula is C34H38BrFN6O5. The highest BCUT2D eigenvalue weighted by molar-refractivity contribution is 9.10. The van der Waals surface area contributed by atoms with Gasteiger partial charge in [-0.3, -0.25) is 24.5 Å². The molecule has 0 radical (unpaired) electrons. The first-order valence-electron chi connectivity index (χ1n) is 15.9. The van der Waals surface area contributed by atoms with Crippen LogP contribution in [0.3, 0.4) is 0 Å². The number of likely N-dealkylation sites (tertiary alicyclic amines) is 2. The average molecular weight is 710 g/mol. The van der Waals surface area contributed by atoms with Crippen molar-refractivity contribution in [1.29, 1.82) is 0 Å². The molecule has 0 bridgehead atoms. The standard InChI is InChI=1S/C34H38BrFN6O5/c1-40-18-22(15-23(19-40)38-29-17-37-41(2)34(46)31(29)35)20-3-5-21(6-4-20)33(45)42-13-11-24(12-14-42)47-25-7-9-28(36)27(16-25)26-8-10-30(43)39-32(26)44/h3-7,9,16-17,22-24,26,38H,8,10-15,18-19H2,1-2H3,(H,39,43,44). The van der Waals surface area contributed by atoms with Crippen LogP contribution < -0.4 is 20.9 Å². The van der Waals surface area contributed by atoms with Gasteiger partial charge in [0.2, 0.25) is 11.8 Å². The number of benzene rings is 2. The molecule has 2 aromatic carbocycles. The van der Waals surface area contributed by atoms with E-state index in [2.05, 4.69) is 43.6 Å². The summed E-state index contributed by atoms with van der Waals surface area (Å²) in [5.41, 5.74) is 2.50. The molecule has 47 heavy (non-hydrogen) atoms. The lowest BCUT2D eigenvalue weighted by molar-refractivity contribution is -0.134. The molecule has 3 unspecified atom stereocenters. The maximum Gasteiger partial charge on any atom is 0.282 e. The number of amides is 3. The van der Waals surface area contributed by atoms with Gasteiger partial charge in [0.15, 0.2) is 0 Å². The smallest absolute Gasteiger partial charge is 0.282 e. The van der Waals surface area contributed by atoms with E-state index in [4.69, 9.17) is 4.74 Å². The van der Waals surface area contributed by atoms with Gasteiger partial charge in [-0.1, -0.05) is 12.1 Å². The molecule has 3 saturated heterocycles. The lowest BCUT2D eigenvalue weighted by atomic mass is 9.87. The van der Waals surface area contributed by atoms with Crippen molar-refractivity contribution in [3.05, 3.63) is 86.0 Å². The lowest BCUT2D eigenvalue weighted by Gasteiger charge is -2.37. The number of imide groups is 1. The monoisotopic (exact) mass is 708 g/mol. The molecule has 3 aliphatic heterocycles. The molecule has 0 saturated carbocycles. The largest absolute Gasteiger partial charge is 0.490 e. The van der Waals surface area contributed by atoms with E-state index in [1.54, 1.807) is 25.4 Å². The number of hydrogen-bond acceptors (Lipinski definition) is 8. The van der Waals surface area contributed by atoms with Crippen LogP contribution in [0, 0.1) is 5.82 Å². The maximum atomic E-state index is 14.6. The fourth-order valence-corrected chi connectivity index (χ4v) is 7.27. The molecule has 3 fully saturated rings. The number of rotatable bonds is 7. The summed E-state index contributed by atoms with van der Waals surface area (Å²) in [4.78, 5) is 53.6. The zero-order chi connectivity index (χ0) is 33.2. The summed E-state index contributed by atoms with van der Waals surface area (Å²) in [6.45, 7) is 2.77. The number of halogens is 2. The van der Waals surface area contributed by atoms with Crippen LogP contribution in [0.4, 0.5) is 10.1 Å². The van der Waals surface area contributed by atoms with Crippen LogP contribution in [0.5, 0.6) is 5.75 Å². The first-order chi connectivity index (χ1) is 22.5. The van der Waals surface area contributed by atoms with E-state index in [9.17, 15) is 23.6 Å². The predicted molar refractivity (Wildman–Crippen MR) is 177 cm³/mol. The van der Waals surface area contributed by atoms with Crippen molar-refractivity contribution in [2.24, 2.45) is 7.05 Å². The fraction of sp³-hybridized carbons (Fsp3) is 0.441. The molecule has 11 nitrogen and oxygen atoms in total. The van der Waals surface area contributed by atoms with Crippen molar-refractivity contribution < 1.29 is 23.5 Å². The van der Waals surface area contributed by atoms with E-state index in [0.29, 0.717) is 47.4 Å². The second-order valence-electron chi connectivity index (χ2n) is 12.7. The summed E-state index contributed by atoms with van der Waals surface area (Å²) in [6, 6.07) is 12.4. The Bertz CT molecular complexity index is 1720. The topological polar surface area (TPSA) is 126 Å². The molecule has 3 aromatic rings. The van der Waals surface area contributed by atoms with Crippen LogP contribution in [-0.4, -0.2) is 82.7 Å². The van der Waals surface area contributed by atoms with Crippen LogP contribution in [0.25, 0.3) is 0 Å². The number of nitrogens with zero attached hydrogens (tertiary/aromatic N) is 4. The second-order valence-corrected chi connectivity index (χ2v) is 13.5. The van der Waals surface area contributed by atoms with Gasteiger partial charge >= 0.3 is 0 Å². The molecule has 3 aliphatic rings. The summed E-state index contributed by atoms with van der Waals surface area (Å²) < 4.78 is 22.5. The molecule has 0 spiro atoms. The number of carbonyl (C=O) groups is 3. The Labute approximate surface area is 280 Å². The number of anilines is 1. The van der Waals surface area contributed by atoms with Gasteiger partial charge in [0, 0.05) is 69.7 Å². The number of likely N-dealkylation sites (N-methyl/N-ethyl adjacent to an activating group) is 1. The molecule has 1 aromatic heterocycles. The number of piperidine rings is 3. The highest BCUT2D eigenvalue weighted by Gasteiger charge is 2.32.